The number of piperidine rings is 1. The summed E-state index contributed by atoms with van der Waals surface area (Å²) in [5.74, 6) is 1.04. The molecular formula is C15H30ClN3O. The topological polar surface area (TPSA) is 58.4 Å². The van der Waals surface area contributed by atoms with Gasteiger partial charge in [-0.3, -0.25) is 9.69 Å². The predicted octanol–water partition coefficient (Wildman–Crippen LogP) is 1.92. The highest BCUT2D eigenvalue weighted by atomic mass is 35.5. The summed E-state index contributed by atoms with van der Waals surface area (Å²) >= 11 is 0. The summed E-state index contributed by atoms with van der Waals surface area (Å²) in [6, 6.07) is 0.339. The maximum atomic E-state index is 11.9. The SMILES string of the molecule is Cl.NC1CCN(CC(=O)NCCC2CCCCC2)CC1. The third-order valence-electron chi connectivity index (χ3n) is 4.60. The summed E-state index contributed by atoms with van der Waals surface area (Å²) in [6.07, 6.45) is 10.1. The monoisotopic (exact) mass is 303 g/mol. The highest BCUT2D eigenvalue weighted by Crippen LogP contribution is 2.25. The zero-order chi connectivity index (χ0) is 13.5. The molecule has 0 aromatic heterocycles. The molecule has 2 rings (SSSR count). The van der Waals surface area contributed by atoms with Gasteiger partial charge in [-0.15, -0.1) is 12.4 Å². The Morgan fingerprint density at radius 3 is 2.40 bits per heavy atom. The lowest BCUT2D eigenvalue weighted by atomic mass is 9.87. The fourth-order valence-corrected chi connectivity index (χ4v) is 3.26. The molecule has 0 bridgehead atoms. The second kappa shape index (κ2) is 9.59. The fraction of sp³-hybridized carbons (Fsp3) is 0.933. The molecule has 2 aliphatic rings. The van der Waals surface area contributed by atoms with Crippen LogP contribution in [-0.2, 0) is 4.79 Å². The Bertz CT molecular complexity index is 274. The van der Waals surface area contributed by atoms with Gasteiger partial charge >= 0.3 is 0 Å². The molecule has 118 valence electrons. The molecular weight excluding hydrogens is 274 g/mol. The Labute approximate surface area is 129 Å². The minimum absolute atomic E-state index is 0. The molecule has 2 fully saturated rings. The minimum Gasteiger partial charge on any atom is -0.355 e. The molecule has 4 nitrogen and oxygen atoms in total. The number of hydrogen-bond acceptors (Lipinski definition) is 3. The van der Waals surface area contributed by atoms with E-state index in [0.717, 1.165) is 44.8 Å². The quantitative estimate of drug-likeness (QED) is 0.816. The molecule has 0 radical (unpaired) electrons. The first-order valence-electron chi connectivity index (χ1n) is 7.98. The van der Waals surface area contributed by atoms with Crippen LogP contribution in [0.5, 0.6) is 0 Å². The minimum atomic E-state index is 0. The van der Waals surface area contributed by atoms with Crippen LogP contribution in [0.3, 0.4) is 0 Å². The molecule has 1 heterocycles. The van der Waals surface area contributed by atoms with Crippen LogP contribution in [0, 0.1) is 5.92 Å². The summed E-state index contributed by atoms with van der Waals surface area (Å²) in [6.45, 7) is 3.35. The second-order valence-corrected chi connectivity index (χ2v) is 6.26. The standard InChI is InChI=1S/C15H29N3O.ClH/c16-14-7-10-18(11-8-14)12-15(19)17-9-6-13-4-2-1-3-5-13;/h13-14H,1-12,16H2,(H,17,19);1H. The zero-order valence-corrected chi connectivity index (χ0v) is 13.3. The highest BCUT2D eigenvalue weighted by Gasteiger charge is 2.18. The number of rotatable bonds is 5. The lowest BCUT2D eigenvalue weighted by Gasteiger charge is -2.29. The van der Waals surface area contributed by atoms with E-state index >= 15 is 0 Å². The molecule has 0 atom stereocenters. The smallest absolute Gasteiger partial charge is 0.234 e. The average molecular weight is 304 g/mol. The molecule has 1 saturated heterocycles. The largest absolute Gasteiger partial charge is 0.355 e. The van der Waals surface area contributed by atoms with Gasteiger partial charge in [0, 0.05) is 25.7 Å². The summed E-state index contributed by atoms with van der Waals surface area (Å²) in [5, 5.41) is 3.08. The van der Waals surface area contributed by atoms with Crippen LogP contribution in [-0.4, -0.2) is 43.0 Å². The van der Waals surface area contributed by atoms with E-state index in [9.17, 15) is 4.79 Å². The van der Waals surface area contributed by atoms with E-state index in [1.165, 1.54) is 32.1 Å². The number of carbonyl (C=O) groups is 1. The first-order chi connectivity index (χ1) is 9.24. The molecule has 20 heavy (non-hydrogen) atoms. The average Bonchev–Trinajstić information content (AvgIpc) is 2.43. The molecule has 1 aliphatic carbocycles. The lowest BCUT2D eigenvalue weighted by Crippen LogP contribution is -2.44. The van der Waals surface area contributed by atoms with Gasteiger partial charge in [0.2, 0.25) is 5.91 Å². The van der Waals surface area contributed by atoms with Crippen molar-refractivity contribution in [3.63, 3.8) is 0 Å². The van der Waals surface area contributed by atoms with Gasteiger partial charge in [0.25, 0.3) is 0 Å². The van der Waals surface area contributed by atoms with Crippen molar-refractivity contribution in [3.05, 3.63) is 0 Å². The Hall–Kier alpha value is -0.320. The molecule has 0 spiro atoms. The van der Waals surface area contributed by atoms with Crippen molar-refractivity contribution in [3.8, 4) is 0 Å². The number of nitrogens with zero attached hydrogens (tertiary/aromatic N) is 1. The van der Waals surface area contributed by atoms with Gasteiger partial charge in [-0.25, -0.2) is 0 Å². The summed E-state index contributed by atoms with van der Waals surface area (Å²) in [7, 11) is 0. The number of halogens is 1. The number of nitrogens with one attached hydrogen (secondary N) is 1. The van der Waals surface area contributed by atoms with E-state index in [2.05, 4.69) is 10.2 Å². The summed E-state index contributed by atoms with van der Waals surface area (Å²) < 4.78 is 0. The second-order valence-electron chi connectivity index (χ2n) is 6.26. The zero-order valence-electron chi connectivity index (χ0n) is 12.5. The van der Waals surface area contributed by atoms with Crippen LogP contribution < -0.4 is 11.1 Å². The van der Waals surface area contributed by atoms with Gasteiger partial charge in [-0.05, 0) is 25.2 Å². The van der Waals surface area contributed by atoms with E-state index in [4.69, 9.17) is 5.73 Å². The van der Waals surface area contributed by atoms with Crippen LogP contribution in [0.4, 0.5) is 0 Å². The maximum absolute atomic E-state index is 11.9. The van der Waals surface area contributed by atoms with E-state index in [1.54, 1.807) is 0 Å². The third-order valence-corrected chi connectivity index (χ3v) is 4.60. The molecule has 3 N–H and O–H groups in total. The Morgan fingerprint density at radius 2 is 1.75 bits per heavy atom. The van der Waals surface area contributed by atoms with Crippen molar-refractivity contribution in [2.24, 2.45) is 11.7 Å². The van der Waals surface area contributed by atoms with Gasteiger partial charge in [0.15, 0.2) is 0 Å². The Morgan fingerprint density at radius 1 is 1.10 bits per heavy atom. The predicted molar refractivity (Wildman–Crippen MR) is 85.1 cm³/mol. The third kappa shape index (κ3) is 6.42. The van der Waals surface area contributed by atoms with E-state index < -0.39 is 0 Å². The number of carbonyl (C=O) groups excluding carboxylic acids is 1. The van der Waals surface area contributed by atoms with Crippen LogP contribution in [0.15, 0.2) is 0 Å². The van der Waals surface area contributed by atoms with Crippen molar-refractivity contribution in [2.45, 2.75) is 57.4 Å². The van der Waals surface area contributed by atoms with Gasteiger partial charge in [0.1, 0.15) is 0 Å². The fourth-order valence-electron chi connectivity index (χ4n) is 3.26. The van der Waals surface area contributed by atoms with Crippen LogP contribution in [0.2, 0.25) is 0 Å². The van der Waals surface area contributed by atoms with Crippen molar-refractivity contribution in [1.29, 1.82) is 0 Å². The molecule has 1 aliphatic heterocycles. The summed E-state index contributed by atoms with van der Waals surface area (Å²) in [5.41, 5.74) is 5.86. The van der Waals surface area contributed by atoms with E-state index in [1.807, 2.05) is 0 Å². The Kier molecular flexibility index (Phi) is 8.50. The first-order valence-corrected chi connectivity index (χ1v) is 7.98. The highest BCUT2D eigenvalue weighted by molar-refractivity contribution is 5.85. The van der Waals surface area contributed by atoms with Crippen LogP contribution >= 0.6 is 12.4 Å². The number of hydrogen-bond donors (Lipinski definition) is 2. The maximum Gasteiger partial charge on any atom is 0.234 e. The Balaban J connectivity index is 0.00000200. The molecule has 1 amide bonds. The van der Waals surface area contributed by atoms with Crippen molar-refractivity contribution < 1.29 is 4.79 Å². The molecule has 0 aromatic carbocycles. The van der Waals surface area contributed by atoms with Gasteiger partial charge in [-0.2, -0.15) is 0 Å². The van der Waals surface area contributed by atoms with Gasteiger partial charge in [0.05, 0.1) is 6.54 Å². The van der Waals surface area contributed by atoms with E-state index in [-0.39, 0.29) is 18.3 Å². The van der Waals surface area contributed by atoms with Gasteiger partial charge in [-0.1, -0.05) is 32.1 Å². The van der Waals surface area contributed by atoms with Crippen LogP contribution in [0.1, 0.15) is 51.4 Å². The normalized spacial score (nSPS) is 22.2. The van der Waals surface area contributed by atoms with Gasteiger partial charge < -0.3 is 11.1 Å². The summed E-state index contributed by atoms with van der Waals surface area (Å²) in [4.78, 5) is 14.1. The lowest BCUT2D eigenvalue weighted by molar-refractivity contribution is -0.122. The first kappa shape index (κ1) is 17.7. The van der Waals surface area contributed by atoms with Crippen molar-refractivity contribution in [1.82, 2.24) is 10.2 Å². The molecule has 0 aromatic rings. The molecule has 0 unspecified atom stereocenters. The molecule has 1 saturated carbocycles. The van der Waals surface area contributed by atoms with E-state index in [0.29, 0.717) is 12.6 Å². The number of likely N-dealkylation sites (tertiary alicyclic amines) is 1. The number of nitrogens with two attached hydrogens (primary N) is 1. The molecule has 5 heteroatoms. The van der Waals surface area contributed by atoms with Crippen molar-refractivity contribution >= 4 is 18.3 Å². The number of amides is 1. The van der Waals surface area contributed by atoms with Crippen molar-refractivity contribution in [2.75, 3.05) is 26.2 Å². The van der Waals surface area contributed by atoms with Crippen LogP contribution in [0.25, 0.3) is 0 Å².